The van der Waals surface area contributed by atoms with Crippen molar-refractivity contribution in [3.8, 4) is 16.9 Å². The van der Waals surface area contributed by atoms with Gasteiger partial charge in [-0.25, -0.2) is 4.79 Å². The fraction of sp³-hybridized carbons (Fsp3) is 0.316. The summed E-state index contributed by atoms with van der Waals surface area (Å²) in [7, 11) is 1.66. The number of carbonyl (C=O) groups excluding carboxylic acids is 1. The normalized spacial score (nSPS) is 22.5. The van der Waals surface area contributed by atoms with Gasteiger partial charge in [0.25, 0.3) is 0 Å². The van der Waals surface area contributed by atoms with E-state index in [4.69, 9.17) is 14.2 Å². The minimum absolute atomic E-state index is 0.114. The summed E-state index contributed by atoms with van der Waals surface area (Å²) >= 11 is 0. The number of hydrogen-bond donors (Lipinski definition) is 0. The molecule has 2 atom stereocenters. The molecule has 2 unspecified atom stereocenters. The molecule has 23 heavy (non-hydrogen) atoms. The molecule has 1 saturated carbocycles. The van der Waals surface area contributed by atoms with Gasteiger partial charge in [-0.3, -0.25) is 0 Å². The average molecular weight is 310 g/mol. The van der Waals surface area contributed by atoms with E-state index in [1.165, 1.54) is 0 Å². The molecule has 0 bridgehead atoms. The van der Waals surface area contributed by atoms with Crippen LogP contribution in [0, 0.1) is 0 Å². The highest BCUT2D eigenvalue weighted by Gasteiger charge is 2.49. The van der Waals surface area contributed by atoms with Gasteiger partial charge in [0.05, 0.1) is 7.11 Å². The minimum atomic E-state index is -0.465. The van der Waals surface area contributed by atoms with E-state index >= 15 is 0 Å². The number of esters is 1. The summed E-state index contributed by atoms with van der Waals surface area (Å²) in [6.45, 7) is 0. The number of rotatable bonds is 5. The Labute approximate surface area is 135 Å². The zero-order valence-corrected chi connectivity index (χ0v) is 12.9. The van der Waals surface area contributed by atoms with Crippen LogP contribution in [0.4, 0.5) is 0 Å². The molecule has 0 aromatic heterocycles. The van der Waals surface area contributed by atoms with Crippen molar-refractivity contribution >= 4 is 5.97 Å². The Morgan fingerprint density at radius 3 is 2.61 bits per heavy atom. The van der Waals surface area contributed by atoms with Crippen molar-refractivity contribution in [3.05, 3.63) is 54.1 Å². The Kier molecular flexibility index (Phi) is 3.54. The quantitative estimate of drug-likeness (QED) is 0.626. The van der Waals surface area contributed by atoms with Gasteiger partial charge >= 0.3 is 5.97 Å². The zero-order valence-electron chi connectivity index (χ0n) is 12.9. The maximum absolute atomic E-state index is 11.9. The van der Waals surface area contributed by atoms with Crippen molar-refractivity contribution in [1.82, 2.24) is 0 Å². The average Bonchev–Trinajstić information content (AvgIpc) is 3.49. The lowest BCUT2D eigenvalue weighted by Crippen LogP contribution is -2.13. The van der Waals surface area contributed by atoms with Crippen LogP contribution in [0.15, 0.2) is 48.5 Å². The highest BCUT2D eigenvalue weighted by atomic mass is 16.6. The summed E-state index contributed by atoms with van der Waals surface area (Å²) in [5.41, 5.74) is 3.04. The van der Waals surface area contributed by atoms with Gasteiger partial charge in [0.2, 0.25) is 0 Å². The number of epoxide rings is 1. The van der Waals surface area contributed by atoms with Gasteiger partial charge in [0, 0.05) is 5.56 Å². The van der Waals surface area contributed by atoms with Crippen LogP contribution >= 0.6 is 0 Å². The molecule has 4 heteroatoms. The molecular weight excluding hydrogens is 292 g/mol. The number of ether oxygens (including phenoxy) is 3. The largest absolute Gasteiger partial charge is 0.496 e. The molecule has 0 radical (unpaired) electrons. The van der Waals surface area contributed by atoms with Crippen LogP contribution in [0.5, 0.6) is 5.75 Å². The lowest BCUT2D eigenvalue weighted by atomic mass is 10.00. The third-order valence-electron chi connectivity index (χ3n) is 4.17. The second-order valence-corrected chi connectivity index (χ2v) is 5.94. The number of methoxy groups -OCH3 is 1. The molecule has 0 N–H and O–H groups in total. The molecule has 4 rings (SSSR count). The molecule has 2 fully saturated rings. The van der Waals surface area contributed by atoms with Crippen molar-refractivity contribution in [3.63, 3.8) is 0 Å². The zero-order chi connectivity index (χ0) is 15.8. The van der Waals surface area contributed by atoms with E-state index < -0.39 is 6.10 Å². The first-order valence-electron chi connectivity index (χ1n) is 7.85. The molecular formula is C19H18O4. The van der Waals surface area contributed by atoms with Crippen LogP contribution in [-0.2, 0) is 14.3 Å². The Morgan fingerprint density at radius 1 is 1.13 bits per heavy atom. The van der Waals surface area contributed by atoms with E-state index in [1.54, 1.807) is 7.11 Å². The SMILES string of the molecule is COc1ccc(C2OC2C(=O)OC2CC2)cc1-c1ccccc1. The molecule has 1 aliphatic heterocycles. The molecule has 0 spiro atoms. The predicted octanol–water partition coefficient (Wildman–Crippen LogP) is 3.51. The highest BCUT2D eigenvalue weighted by molar-refractivity contribution is 5.79. The molecule has 118 valence electrons. The fourth-order valence-corrected chi connectivity index (χ4v) is 2.71. The van der Waals surface area contributed by atoms with E-state index in [9.17, 15) is 4.79 Å². The van der Waals surface area contributed by atoms with Gasteiger partial charge in [-0.2, -0.15) is 0 Å². The maximum atomic E-state index is 11.9. The lowest BCUT2D eigenvalue weighted by Gasteiger charge is -2.10. The van der Waals surface area contributed by atoms with Crippen molar-refractivity contribution < 1.29 is 19.0 Å². The van der Waals surface area contributed by atoms with Crippen LogP contribution in [0.1, 0.15) is 24.5 Å². The van der Waals surface area contributed by atoms with Gasteiger partial charge in [-0.1, -0.05) is 36.4 Å². The third-order valence-corrected chi connectivity index (χ3v) is 4.17. The molecule has 1 aliphatic carbocycles. The van der Waals surface area contributed by atoms with Crippen LogP contribution in [-0.4, -0.2) is 25.3 Å². The monoisotopic (exact) mass is 310 g/mol. The Balaban J connectivity index is 1.57. The molecule has 4 nitrogen and oxygen atoms in total. The first-order chi connectivity index (χ1) is 11.3. The molecule has 0 amide bonds. The van der Waals surface area contributed by atoms with Crippen LogP contribution in [0.25, 0.3) is 11.1 Å². The topological polar surface area (TPSA) is 48.1 Å². The van der Waals surface area contributed by atoms with Crippen molar-refractivity contribution in [1.29, 1.82) is 0 Å². The van der Waals surface area contributed by atoms with Crippen molar-refractivity contribution in [2.45, 2.75) is 31.2 Å². The first-order valence-corrected chi connectivity index (χ1v) is 7.85. The predicted molar refractivity (Wildman–Crippen MR) is 85.2 cm³/mol. The Bertz CT molecular complexity index is 721. The summed E-state index contributed by atoms with van der Waals surface area (Å²) in [5, 5.41) is 0. The van der Waals surface area contributed by atoms with Crippen molar-refractivity contribution in [2.24, 2.45) is 0 Å². The molecule has 2 aromatic rings. The number of benzene rings is 2. The Morgan fingerprint density at radius 2 is 1.91 bits per heavy atom. The summed E-state index contributed by atoms with van der Waals surface area (Å²) < 4.78 is 16.3. The van der Waals surface area contributed by atoms with E-state index in [1.807, 2.05) is 48.5 Å². The highest BCUT2D eigenvalue weighted by Crippen LogP contribution is 2.43. The molecule has 2 aromatic carbocycles. The Hall–Kier alpha value is -2.33. The van der Waals surface area contributed by atoms with Gasteiger partial charge < -0.3 is 14.2 Å². The lowest BCUT2D eigenvalue weighted by molar-refractivity contribution is -0.146. The van der Waals surface area contributed by atoms with E-state index in [0.717, 1.165) is 35.3 Å². The molecule has 2 aliphatic rings. The molecule has 1 saturated heterocycles. The van der Waals surface area contributed by atoms with Gasteiger partial charge in [-0.15, -0.1) is 0 Å². The van der Waals surface area contributed by atoms with Crippen LogP contribution in [0.2, 0.25) is 0 Å². The fourth-order valence-electron chi connectivity index (χ4n) is 2.71. The van der Waals surface area contributed by atoms with Crippen LogP contribution < -0.4 is 4.74 Å². The second-order valence-electron chi connectivity index (χ2n) is 5.94. The summed E-state index contributed by atoms with van der Waals surface area (Å²) in [6.07, 6.45) is 1.39. The van der Waals surface area contributed by atoms with Gasteiger partial charge in [-0.05, 0) is 36.1 Å². The molecule has 1 heterocycles. The van der Waals surface area contributed by atoms with Gasteiger partial charge in [0.1, 0.15) is 18.0 Å². The van der Waals surface area contributed by atoms with Crippen molar-refractivity contribution in [2.75, 3.05) is 7.11 Å². The third kappa shape index (κ3) is 2.94. The smallest absolute Gasteiger partial charge is 0.338 e. The van der Waals surface area contributed by atoms with E-state index in [-0.39, 0.29) is 18.2 Å². The standard InChI is InChI=1S/C19H18O4/c1-21-16-10-7-13(11-15(16)12-5-3-2-4-6-12)17-18(23-17)19(20)22-14-8-9-14/h2-7,10-11,14,17-18H,8-9H2,1H3. The summed E-state index contributed by atoms with van der Waals surface area (Å²) in [4.78, 5) is 11.9. The second kappa shape index (κ2) is 5.70. The van der Waals surface area contributed by atoms with E-state index in [2.05, 4.69) is 0 Å². The number of carbonyl (C=O) groups is 1. The summed E-state index contributed by atoms with van der Waals surface area (Å²) in [5.74, 6) is 0.562. The first kappa shape index (κ1) is 14.3. The minimum Gasteiger partial charge on any atom is -0.496 e. The van der Waals surface area contributed by atoms with Gasteiger partial charge in [0.15, 0.2) is 6.10 Å². The van der Waals surface area contributed by atoms with Crippen LogP contribution in [0.3, 0.4) is 0 Å². The number of hydrogen-bond acceptors (Lipinski definition) is 4. The van der Waals surface area contributed by atoms with E-state index in [0.29, 0.717) is 0 Å². The summed E-state index contributed by atoms with van der Waals surface area (Å²) in [6, 6.07) is 15.9. The maximum Gasteiger partial charge on any atom is 0.338 e.